The van der Waals surface area contributed by atoms with Crippen molar-refractivity contribution < 1.29 is 22.7 Å². The predicted octanol–water partition coefficient (Wildman–Crippen LogP) is 3.88. The van der Waals surface area contributed by atoms with E-state index in [9.17, 15) is 18.0 Å². The number of amides is 1. The van der Waals surface area contributed by atoms with E-state index in [-0.39, 0.29) is 24.3 Å². The van der Waals surface area contributed by atoms with Gasteiger partial charge in [-0.2, -0.15) is 18.3 Å². The molecule has 9 heteroatoms. The van der Waals surface area contributed by atoms with Crippen molar-refractivity contribution in [3.05, 3.63) is 72.3 Å². The number of carbonyl (C=O) groups excluding carboxylic acids is 1. The number of alkyl halides is 3. The van der Waals surface area contributed by atoms with Crippen LogP contribution in [0.2, 0.25) is 0 Å². The zero-order valence-electron chi connectivity index (χ0n) is 15.8. The molecule has 0 radical (unpaired) electrons. The van der Waals surface area contributed by atoms with E-state index in [4.69, 9.17) is 4.74 Å². The van der Waals surface area contributed by atoms with E-state index in [0.29, 0.717) is 0 Å². The summed E-state index contributed by atoms with van der Waals surface area (Å²) in [7, 11) is 1.62. The Balaban J connectivity index is 1.61. The fraction of sp³-hybridized carbons (Fsp3) is 0.250. The second kappa shape index (κ2) is 8.34. The lowest BCUT2D eigenvalue weighted by Gasteiger charge is -2.25. The minimum atomic E-state index is -4.47. The number of aromatic nitrogens is 3. The number of rotatable bonds is 6. The minimum Gasteiger partial charge on any atom is -0.484 e. The van der Waals surface area contributed by atoms with Crippen LogP contribution in [-0.2, 0) is 11.0 Å². The first kappa shape index (κ1) is 20.4. The summed E-state index contributed by atoms with van der Waals surface area (Å²) >= 11 is 0. The van der Waals surface area contributed by atoms with E-state index in [1.165, 1.54) is 23.4 Å². The molecule has 0 bridgehead atoms. The third kappa shape index (κ3) is 4.92. The molecular weight excluding hydrogens is 385 g/mol. The van der Waals surface area contributed by atoms with Crippen molar-refractivity contribution in [3.63, 3.8) is 0 Å². The summed E-state index contributed by atoms with van der Waals surface area (Å²) < 4.78 is 45.2. The quantitative estimate of drug-likeness (QED) is 0.626. The summed E-state index contributed by atoms with van der Waals surface area (Å²) in [6.45, 7) is 1.49. The molecule has 6 nitrogen and oxygen atoms in total. The third-order valence-corrected chi connectivity index (χ3v) is 4.56. The van der Waals surface area contributed by atoms with Gasteiger partial charge in [-0.15, -0.1) is 0 Å². The van der Waals surface area contributed by atoms with E-state index in [1.54, 1.807) is 18.1 Å². The van der Waals surface area contributed by atoms with Gasteiger partial charge in [0.05, 0.1) is 17.3 Å². The molecule has 0 saturated carbocycles. The molecule has 29 heavy (non-hydrogen) atoms. The molecule has 0 aliphatic carbocycles. The summed E-state index contributed by atoms with van der Waals surface area (Å²) in [6, 6.07) is 11.7. The Labute approximate surface area is 165 Å². The van der Waals surface area contributed by atoms with E-state index in [0.717, 1.165) is 23.4 Å². The molecule has 1 amide bonds. The van der Waals surface area contributed by atoms with Gasteiger partial charge in [0.15, 0.2) is 6.61 Å². The van der Waals surface area contributed by atoms with Crippen LogP contribution in [-0.4, -0.2) is 39.2 Å². The van der Waals surface area contributed by atoms with Gasteiger partial charge in [-0.25, -0.2) is 9.67 Å². The highest BCUT2D eigenvalue weighted by molar-refractivity contribution is 5.78. The normalized spacial score (nSPS) is 12.4. The molecule has 2 aromatic carbocycles. The number of likely N-dealkylation sites (N-methyl/N-ethyl adjacent to an activating group) is 1. The van der Waals surface area contributed by atoms with Crippen molar-refractivity contribution in [1.29, 1.82) is 0 Å². The fourth-order valence-electron chi connectivity index (χ4n) is 2.70. The molecule has 1 atom stereocenters. The minimum absolute atomic E-state index is 0.00795. The zero-order chi connectivity index (χ0) is 21.0. The van der Waals surface area contributed by atoms with Gasteiger partial charge >= 0.3 is 6.18 Å². The highest BCUT2D eigenvalue weighted by atomic mass is 19.4. The number of ether oxygens (including phenoxy) is 1. The SMILES string of the molecule is C[C@H](c1ccc(-n2cncn2)cc1)N(C)C(=O)COc1cccc(C(F)(F)F)c1. The first-order valence-electron chi connectivity index (χ1n) is 8.76. The van der Waals surface area contributed by atoms with Gasteiger partial charge in [-0.05, 0) is 42.8 Å². The average Bonchev–Trinajstić information content (AvgIpc) is 3.25. The van der Waals surface area contributed by atoms with Crippen molar-refractivity contribution in [3.8, 4) is 11.4 Å². The maximum Gasteiger partial charge on any atom is 0.416 e. The lowest BCUT2D eigenvalue weighted by Crippen LogP contribution is -2.33. The molecule has 152 valence electrons. The van der Waals surface area contributed by atoms with Crippen LogP contribution in [0.4, 0.5) is 13.2 Å². The smallest absolute Gasteiger partial charge is 0.416 e. The maximum absolute atomic E-state index is 12.8. The lowest BCUT2D eigenvalue weighted by atomic mass is 10.1. The molecule has 0 fully saturated rings. The van der Waals surface area contributed by atoms with Crippen LogP contribution in [0.1, 0.15) is 24.1 Å². The van der Waals surface area contributed by atoms with Crippen LogP contribution in [0.3, 0.4) is 0 Å². The molecule has 0 saturated heterocycles. The number of hydrogen-bond donors (Lipinski definition) is 0. The van der Waals surface area contributed by atoms with Crippen molar-refractivity contribution in [2.75, 3.05) is 13.7 Å². The van der Waals surface area contributed by atoms with Gasteiger partial charge in [0.2, 0.25) is 0 Å². The Morgan fingerprint density at radius 2 is 1.93 bits per heavy atom. The van der Waals surface area contributed by atoms with Gasteiger partial charge in [-0.1, -0.05) is 18.2 Å². The molecule has 1 heterocycles. The van der Waals surface area contributed by atoms with E-state index in [1.807, 2.05) is 31.2 Å². The highest BCUT2D eigenvalue weighted by Crippen LogP contribution is 2.31. The van der Waals surface area contributed by atoms with E-state index >= 15 is 0 Å². The number of benzene rings is 2. The summed E-state index contributed by atoms with van der Waals surface area (Å²) in [5.41, 5.74) is 0.903. The fourth-order valence-corrected chi connectivity index (χ4v) is 2.70. The van der Waals surface area contributed by atoms with Crippen molar-refractivity contribution in [1.82, 2.24) is 19.7 Å². The van der Waals surface area contributed by atoms with Crippen LogP contribution in [0.5, 0.6) is 5.75 Å². The van der Waals surface area contributed by atoms with Crippen LogP contribution in [0, 0.1) is 0 Å². The van der Waals surface area contributed by atoms with E-state index < -0.39 is 11.7 Å². The Bertz CT molecular complexity index is 957. The van der Waals surface area contributed by atoms with Crippen LogP contribution in [0.15, 0.2) is 61.2 Å². The largest absolute Gasteiger partial charge is 0.484 e. The predicted molar refractivity (Wildman–Crippen MR) is 99.5 cm³/mol. The molecular formula is C20H19F3N4O2. The zero-order valence-corrected chi connectivity index (χ0v) is 15.8. The Morgan fingerprint density at radius 1 is 1.21 bits per heavy atom. The van der Waals surface area contributed by atoms with Crippen LogP contribution >= 0.6 is 0 Å². The van der Waals surface area contributed by atoms with Gasteiger partial charge in [0, 0.05) is 7.05 Å². The molecule has 0 aliphatic rings. The van der Waals surface area contributed by atoms with E-state index in [2.05, 4.69) is 10.1 Å². The standard InChI is InChI=1S/C20H19F3N4O2/c1-14(15-6-8-17(9-7-15)27-13-24-12-25-27)26(2)19(28)11-29-18-5-3-4-16(10-18)20(21,22)23/h3-10,12-14H,11H2,1-2H3/t14-/m1/s1. The summed E-state index contributed by atoms with van der Waals surface area (Å²) in [6.07, 6.45) is -1.44. The summed E-state index contributed by atoms with van der Waals surface area (Å²) in [4.78, 5) is 17.8. The Morgan fingerprint density at radius 3 is 2.55 bits per heavy atom. The topological polar surface area (TPSA) is 60.2 Å². The molecule has 0 unspecified atom stereocenters. The van der Waals surface area contributed by atoms with Crippen molar-refractivity contribution in [2.24, 2.45) is 0 Å². The summed E-state index contributed by atoms with van der Waals surface area (Å²) in [5.74, 6) is -0.360. The number of nitrogens with zero attached hydrogens (tertiary/aromatic N) is 4. The van der Waals surface area contributed by atoms with Crippen LogP contribution < -0.4 is 4.74 Å². The number of hydrogen-bond acceptors (Lipinski definition) is 4. The molecule has 3 aromatic rings. The average molecular weight is 404 g/mol. The number of carbonyl (C=O) groups is 1. The van der Waals surface area contributed by atoms with Crippen LogP contribution in [0.25, 0.3) is 5.69 Å². The first-order chi connectivity index (χ1) is 13.8. The van der Waals surface area contributed by atoms with Gasteiger partial charge in [0.1, 0.15) is 18.4 Å². The lowest BCUT2D eigenvalue weighted by molar-refractivity contribution is -0.137. The van der Waals surface area contributed by atoms with Gasteiger partial charge in [0.25, 0.3) is 5.91 Å². The Kier molecular flexibility index (Phi) is 5.86. The maximum atomic E-state index is 12.8. The number of halogens is 3. The Hall–Kier alpha value is -3.36. The molecule has 0 N–H and O–H groups in total. The molecule has 3 rings (SSSR count). The first-order valence-corrected chi connectivity index (χ1v) is 8.76. The second-order valence-corrected chi connectivity index (χ2v) is 6.43. The third-order valence-electron chi connectivity index (χ3n) is 4.56. The second-order valence-electron chi connectivity index (χ2n) is 6.43. The highest BCUT2D eigenvalue weighted by Gasteiger charge is 2.30. The van der Waals surface area contributed by atoms with Crippen molar-refractivity contribution >= 4 is 5.91 Å². The molecule has 0 aliphatic heterocycles. The molecule has 0 spiro atoms. The summed E-state index contributed by atoms with van der Waals surface area (Å²) in [5, 5.41) is 4.05. The van der Waals surface area contributed by atoms with Gasteiger partial charge < -0.3 is 9.64 Å². The molecule has 1 aromatic heterocycles. The van der Waals surface area contributed by atoms with Crippen molar-refractivity contribution in [2.45, 2.75) is 19.1 Å². The monoisotopic (exact) mass is 404 g/mol. The van der Waals surface area contributed by atoms with Gasteiger partial charge in [-0.3, -0.25) is 4.79 Å².